The van der Waals surface area contributed by atoms with Crippen molar-refractivity contribution in [3.8, 4) is 0 Å². The fourth-order valence-corrected chi connectivity index (χ4v) is 3.83. The van der Waals surface area contributed by atoms with Crippen molar-refractivity contribution < 1.29 is 18.4 Å². The molecule has 0 aliphatic carbocycles. The Hall–Kier alpha value is -3.21. The van der Waals surface area contributed by atoms with Gasteiger partial charge >= 0.3 is 0 Å². The fourth-order valence-electron chi connectivity index (χ4n) is 3.83. The van der Waals surface area contributed by atoms with E-state index < -0.39 is 11.6 Å². The van der Waals surface area contributed by atoms with Crippen molar-refractivity contribution in [1.29, 1.82) is 0 Å². The number of aliphatic imine (C=N–C) groups is 1. The van der Waals surface area contributed by atoms with Gasteiger partial charge in [0.1, 0.15) is 12.1 Å². The first-order valence-electron chi connectivity index (χ1n) is 15.7. The number of nitrogens with zero attached hydrogens (tertiary/aromatic N) is 1. The van der Waals surface area contributed by atoms with Gasteiger partial charge in [0.25, 0.3) is 0 Å². The average molecular weight is 600 g/mol. The van der Waals surface area contributed by atoms with E-state index in [-0.39, 0.29) is 5.78 Å². The summed E-state index contributed by atoms with van der Waals surface area (Å²) in [5, 5.41) is 0. The molecule has 0 radical (unpaired) electrons. The molecule has 0 aromatic heterocycles. The van der Waals surface area contributed by atoms with Gasteiger partial charge in [-0.3, -0.25) is 4.99 Å². The molecule has 1 aliphatic heterocycles. The van der Waals surface area contributed by atoms with Gasteiger partial charge in [0, 0.05) is 6.42 Å². The molecule has 0 amide bonds. The Bertz CT molecular complexity index is 1080. The van der Waals surface area contributed by atoms with E-state index in [9.17, 15) is 13.6 Å². The minimum absolute atomic E-state index is 0.214. The van der Waals surface area contributed by atoms with Gasteiger partial charge in [-0.25, -0.2) is 8.78 Å². The molecule has 3 nitrogen and oxygen atoms in total. The summed E-state index contributed by atoms with van der Waals surface area (Å²) in [5.74, 6) is -0.809. The molecule has 0 N–H and O–H groups in total. The van der Waals surface area contributed by atoms with Crippen LogP contribution in [0.1, 0.15) is 119 Å². The number of allylic oxidation sites excluding steroid dienone is 2. The lowest BCUT2D eigenvalue weighted by Crippen LogP contribution is -2.04. The Morgan fingerprint density at radius 2 is 1.49 bits per heavy atom. The van der Waals surface area contributed by atoms with Crippen molar-refractivity contribution in [3.63, 3.8) is 0 Å². The van der Waals surface area contributed by atoms with Gasteiger partial charge in [-0.05, 0) is 95.1 Å². The van der Waals surface area contributed by atoms with Crippen LogP contribution in [0.2, 0.25) is 0 Å². The summed E-state index contributed by atoms with van der Waals surface area (Å²) in [5.41, 5.74) is 6.74. The van der Waals surface area contributed by atoms with Gasteiger partial charge in [-0.1, -0.05) is 95.5 Å². The first kappa shape index (κ1) is 44.2. The zero-order valence-corrected chi connectivity index (χ0v) is 28.9. The topological polar surface area (TPSA) is 46.5 Å². The highest BCUT2D eigenvalue weighted by Crippen LogP contribution is 2.22. The van der Waals surface area contributed by atoms with E-state index in [0.717, 1.165) is 50.3 Å². The second kappa shape index (κ2) is 28.9. The van der Waals surface area contributed by atoms with E-state index >= 15 is 0 Å². The molecule has 2 aromatic carbocycles. The smallest absolute Gasteiger partial charge is 0.162 e. The number of ketones is 1. The number of rotatable bonds is 9. The second-order valence-corrected chi connectivity index (χ2v) is 10.00. The van der Waals surface area contributed by atoms with Crippen LogP contribution in [-0.4, -0.2) is 24.3 Å². The first-order chi connectivity index (χ1) is 20.5. The number of aldehydes is 1. The maximum absolute atomic E-state index is 13.5. The van der Waals surface area contributed by atoms with Gasteiger partial charge in [-0.15, -0.1) is 6.58 Å². The number of hydrogen-bond donors (Lipinski definition) is 0. The van der Waals surface area contributed by atoms with Crippen molar-refractivity contribution in [2.75, 3.05) is 6.54 Å². The van der Waals surface area contributed by atoms with Crippen molar-refractivity contribution in [2.24, 2.45) is 10.9 Å². The Labute approximate surface area is 262 Å². The first-order valence-corrected chi connectivity index (χ1v) is 15.7. The summed E-state index contributed by atoms with van der Waals surface area (Å²) in [6, 6.07) is 14.7. The fraction of sp³-hybridized carbons (Fsp3) is 0.500. The third kappa shape index (κ3) is 22.1. The van der Waals surface area contributed by atoms with Gasteiger partial charge in [0.05, 0.1) is 12.3 Å². The Morgan fingerprint density at radius 3 is 1.93 bits per heavy atom. The number of hydrogen-bond acceptors (Lipinski definition) is 3. The van der Waals surface area contributed by atoms with Gasteiger partial charge in [0.15, 0.2) is 11.6 Å². The molecule has 242 valence electrons. The summed E-state index contributed by atoms with van der Waals surface area (Å²) in [7, 11) is 0. The Kier molecular flexibility index (Phi) is 29.7. The van der Waals surface area contributed by atoms with Crippen LogP contribution in [0.4, 0.5) is 8.78 Å². The monoisotopic (exact) mass is 599 g/mol. The predicted octanol–water partition coefficient (Wildman–Crippen LogP) is 11.3. The largest absolute Gasteiger partial charge is 0.304 e. The lowest BCUT2D eigenvalue weighted by atomic mass is 9.92. The average Bonchev–Trinajstić information content (AvgIpc) is 3.33. The number of carbonyl (C=O) groups is 2. The summed E-state index contributed by atoms with van der Waals surface area (Å²) >= 11 is 0. The standard InChI is InChI=1S/C16H22F2O.C12H13N.C4H8.C2H4O.2C2H6/c1-3-13(7-4-6-12(2)19)10-11-14-8-5-9-15(17)16(14)18;1-9-8-13-12(10(9)2)11-6-4-3-5-7-11;1-4(2)3;1-2-3;2*1-2/h5,8-9,13H,3-4,6-7,10-11H2,1-2H3;3-7H,8H2,1-2H3;1H2,2-3H3;2H,1H3;2*1-2H3. The SMILES string of the molecule is C=C(C)C.CC.CC.CC1=C(C)C(c2ccccc2)=NC1.CC=O.CCC(CCCC(C)=O)CCc1cccc(F)c1F. The maximum Gasteiger partial charge on any atom is 0.162 e. The summed E-state index contributed by atoms with van der Waals surface area (Å²) in [6.45, 7) is 25.8. The van der Waals surface area contributed by atoms with Crippen LogP contribution in [0.15, 0.2) is 76.8 Å². The third-order valence-corrected chi connectivity index (χ3v) is 6.09. The molecular formula is C38H59F2NO2. The maximum atomic E-state index is 13.5. The van der Waals surface area contributed by atoms with E-state index in [2.05, 4.69) is 56.6 Å². The minimum Gasteiger partial charge on any atom is -0.304 e. The van der Waals surface area contributed by atoms with E-state index in [4.69, 9.17) is 4.79 Å². The zero-order chi connectivity index (χ0) is 33.8. The minimum atomic E-state index is -0.776. The molecule has 1 aliphatic rings. The van der Waals surface area contributed by atoms with Crippen LogP contribution in [0.3, 0.4) is 0 Å². The molecule has 1 heterocycles. The lowest BCUT2D eigenvalue weighted by Gasteiger charge is -2.14. The molecule has 0 saturated heterocycles. The molecule has 0 bridgehead atoms. The van der Waals surface area contributed by atoms with E-state index in [0.29, 0.717) is 24.3 Å². The molecule has 43 heavy (non-hydrogen) atoms. The molecule has 2 aromatic rings. The molecule has 1 atom stereocenters. The molecule has 1 unspecified atom stereocenters. The van der Waals surface area contributed by atoms with Gasteiger partial charge in [-0.2, -0.15) is 0 Å². The van der Waals surface area contributed by atoms with Crippen LogP contribution in [0.5, 0.6) is 0 Å². The molecule has 0 spiro atoms. The van der Waals surface area contributed by atoms with Crippen molar-refractivity contribution in [1.82, 2.24) is 0 Å². The van der Waals surface area contributed by atoms with Crippen LogP contribution < -0.4 is 0 Å². The molecular weight excluding hydrogens is 540 g/mol. The number of Topliss-reactive ketones (excluding diaryl/α,β-unsaturated/α-hetero) is 1. The molecule has 0 fully saturated rings. The van der Waals surface area contributed by atoms with E-state index in [1.54, 1.807) is 19.1 Å². The number of halogens is 2. The van der Waals surface area contributed by atoms with Gasteiger partial charge in [0.2, 0.25) is 0 Å². The van der Waals surface area contributed by atoms with E-state index in [1.165, 1.54) is 29.2 Å². The third-order valence-electron chi connectivity index (χ3n) is 6.09. The highest BCUT2D eigenvalue weighted by molar-refractivity contribution is 6.14. The quantitative estimate of drug-likeness (QED) is 0.213. The predicted molar refractivity (Wildman–Crippen MR) is 184 cm³/mol. The Balaban J connectivity index is -0.000000574. The van der Waals surface area contributed by atoms with E-state index in [1.807, 2.05) is 47.6 Å². The second-order valence-electron chi connectivity index (χ2n) is 10.00. The Morgan fingerprint density at radius 1 is 0.953 bits per heavy atom. The normalized spacial score (nSPS) is 11.6. The molecule has 5 heteroatoms. The van der Waals surface area contributed by atoms with Crippen LogP contribution >= 0.6 is 0 Å². The van der Waals surface area contributed by atoms with Crippen LogP contribution in [-0.2, 0) is 16.0 Å². The molecule has 0 saturated carbocycles. The lowest BCUT2D eigenvalue weighted by molar-refractivity contribution is -0.117. The zero-order valence-electron chi connectivity index (χ0n) is 28.9. The van der Waals surface area contributed by atoms with Crippen molar-refractivity contribution in [3.05, 3.63) is 94.6 Å². The van der Waals surface area contributed by atoms with Crippen LogP contribution in [0.25, 0.3) is 0 Å². The molecule has 3 rings (SSSR count). The summed E-state index contributed by atoms with van der Waals surface area (Å²) in [6.07, 6.45) is 5.64. The number of benzene rings is 2. The highest BCUT2D eigenvalue weighted by Gasteiger charge is 2.13. The van der Waals surface area contributed by atoms with Crippen LogP contribution in [0, 0.1) is 17.6 Å². The number of carbonyl (C=O) groups excluding carboxylic acids is 2. The summed E-state index contributed by atoms with van der Waals surface area (Å²) < 4.78 is 26.6. The summed E-state index contributed by atoms with van der Waals surface area (Å²) in [4.78, 5) is 24.2. The van der Waals surface area contributed by atoms with Gasteiger partial charge < -0.3 is 9.59 Å². The van der Waals surface area contributed by atoms with Crippen molar-refractivity contribution in [2.45, 2.75) is 115 Å². The highest BCUT2D eigenvalue weighted by atomic mass is 19.2. The number of aryl methyl sites for hydroxylation is 1. The van der Waals surface area contributed by atoms with Crippen molar-refractivity contribution >= 4 is 17.8 Å².